The van der Waals surface area contributed by atoms with Gasteiger partial charge >= 0.3 is 0 Å². The van der Waals surface area contributed by atoms with E-state index in [1.54, 1.807) is 0 Å². The van der Waals surface area contributed by atoms with Crippen molar-refractivity contribution >= 4 is 21.8 Å². The quantitative estimate of drug-likeness (QED) is 0.854. The zero-order chi connectivity index (χ0) is 16.4. The highest BCUT2D eigenvalue weighted by molar-refractivity contribution is 9.10. The Hall–Kier alpha value is -1.07. The summed E-state index contributed by atoms with van der Waals surface area (Å²) in [6.07, 6.45) is 1.94. The molecule has 1 amide bonds. The molecule has 1 aliphatic heterocycles. The summed E-state index contributed by atoms with van der Waals surface area (Å²) in [7, 11) is 0. The molecule has 0 atom stereocenters. The number of ether oxygens (including phenoxy) is 1. The highest BCUT2D eigenvalue weighted by Gasteiger charge is 2.42. The fourth-order valence-electron chi connectivity index (χ4n) is 3.59. The first kappa shape index (κ1) is 17.3. The van der Waals surface area contributed by atoms with Crippen LogP contribution in [0.25, 0.3) is 0 Å². The molecule has 0 aromatic heterocycles. The van der Waals surface area contributed by atoms with E-state index in [9.17, 15) is 4.79 Å². The van der Waals surface area contributed by atoms with Gasteiger partial charge in [-0.05, 0) is 45.9 Å². The van der Waals surface area contributed by atoms with Crippen molar-refractivity contribution < 1.29 is 14.8 Å². The van der Waals surface area contributed by atoms with Gasteiger partial charge in [-0.3, -0.25) is 4.79 Å². The van der Waals surface area contributed by atoms with Crippen molar-refractivity contribution in [2.45, 2.75) is 57.7 Å². The lowest BCUT2D eigenvalue weighted by Gasteiger charge is -2.43. The molecule has 1 aliphatic rings. The first-order valence-electron chi connectivity index (χ1n) is 7.70. The Labute approximate surface area is 141 Å². The van der Waals surface area contributed by atoms with Crippen LogP contribution in [0.3, 0.4) is 0 Å². The third-order valence-corrected chi connectivity index (χ3v) is 4.35. The SMILES string of the molecule is CC1(C)CC(NC(=O)COc2cccc(Br)c2)CC(C)(C)[NH2+]1. The molecule has 0 bridgehead atoms. The maximum atomic E-state index is 12.1. The van der Waals surface area contributed by atoms with Gasteiger partial charge in [-0.2, -0.15) is 0 Å². The van der Waals surface area contributed by atoms with Crippen molar-refractivity contribution in [1.29, 1.82) is 0 Å². The number of piperidine rings is 1. The summed E-state index contributed by atoms with van der Waals surface area (Å²) in [5.74, 6) is 0.639. The molecule has 22 heavy (non-hydrogen) atoms. The molecule has 1 saturated heterocycles. The van der Waals surface area contributed by atoms with Gasteiger partial charge in [0.2, 0.25) is 0 Å². The second kappa shape index (κ2) is 6.59. The van der Waals surface area contributed by atoms with Crippen LogP contribution in [0.15, 0.2) is 28.7 Å². The molecule has 1 aromatic rings. The minimum absolute atomic E-state index is 0.0531. The van der Waals surface area contributed by atoms with Crippen LogP contribution in [-0.4, -0.2) is 29.6 Å². The number of carbonyl (C=O) groups excluding carboxylic acids is 1. The van der Waals surface area contributed by atoms with Crippen LogP contribution in [0.2, 0.25) is 0 Å². The number of carbonyl (C=O) groups is 1. The fourth-order valence-corrected chi connectivity index (χ4v) is 3.97. The number of rotatable bonds is 4. The first-order chi connectivity index (χ1) is 10.2. The fraction of sp³-hybridized carbons (Fsp3) is 0.588. The molecular formula is C17H26BrN2O2+. The summed E-state index contributed by atoms with van der Waals surface area (Å²) in [6.45, 7) is 8.96. The Morgan fingerprint density at radius 1 is 1.32 bits per heavy atom. The van der Waals surface area contributed by atoms with E-state index in [2.05, 4.69) is 54.3 Å². The lowest BCUT2D eigenvalue weighted by atomic mass is 9.79. The topological polar surface area (TPSA) is 54.9 Å². The van der Waals surface area contributed by atoms with Gasteiger partial charge in [0.05, 0.1) is 11.1 Å². The highest BCUT2D eigenvalue weighted by atomic mass is 79.9. The third kappa shape index (κ3) is 5.29. The molecule has 1 heterocycles. The summed E-state index contributed by atoms with van der Waals surface area (Å²) >= 11 is 3.39. The Morgan fingerprint density at radius 3 is 2.55 bits per heavy atom. The minimum Gasteiger partial charge on any atom is -0.484 e. The van der Waals surface area contributed by atoms with Gasteiger partial charge in [0.25, 0.3) is 5.91 Å². The summed E-state index contributed by atoms with van der Waals surface area (Å²) in [6, 6.07) is 7.72. The van der Waals surface area contributed by atoms with Gasteiger partial charge in [0.15, 0.2) is 6.61 Å². The number of hydrogen-bond acceptors (Lipinski definition) is 2. The molecule has 4 nitrogen and oxygen atoms in total. The normalized spacial score (nSPS) is 20.4. The zero-order valence-electron chi connectivity index (χ0n) is 13.8. The predicted molar refractivity (Wildman–Crippen MR) is 90.9 cm³/mol. The Balaban J connectivity index is 1.86. The van der Waals surface area contributed by atoms with E-state index in [0.717, 1.165) is 17.3 Å². The average Bonchev–Trinajstić information content (AvgIpc) is 2.32. The van der Waals surface area contributed by atoms with Crippen molar-refractivity contribution in [2.75, 3.05) is 6.61 Å². The Kier molecular flexibility index (Phi) is 5.17. The number of halogens is 1. The maximum Gasteiger partial charge on any atom is 0.258 e. The predicted octanol–water partition coefficient (Wildman–Crippen LogP) is 2.23. The molecule has 0 radical (unpaired) electrons. The van der Waals surface area contributed by atoms with E-state index in [1.165, 1.54) is 0 Å². The molecule has 122 valence electrons. The molecular weight excluding hydrogens is 344 g/mol. The third-order valence-electron chi connectivity index (χ3n) is 3.86. The van der Waals surface area contributed by atoms with Crippen molar-refractivity contribution in [3.8, 4) is 5.75 Å². The smallest absolute Gasteiger partial charge is 0.258 e. The summed E-state index contributed by atoms with van der Waals surface area (Å²) < 4.78 is 6.49. The molecule has 2 rings (SSSR count). The van der Waals surface area contributed by atoms with Crippen molar-refractivity contribution in [3.63, 3.8) is 0 Å². The molecule has 1 aromatic carbocycles. The molecule has 1 fully saturated rings. The number of hydrogen-bond donors (Lipinski definition) is 2. The van der Waals surface area contributed by atoms with Crippen molar-refractivity contribution in [3.05, 3.63) is 28.7 Å². The van der Waals surface area contributed by atoms with Crippen LogP contribution in [-0.2, 0) is 4.79 Å². The van der Waals surface area contributed by atoms with Crippen LogP contribution in [0.5, 0.6) is 5.75 Å². The monoisotopic (exact) mass is 369 g/mol. The number of quaternary nitrogens is 1. The summed E-state index contributed by atoms with van der Waals surface area (Å²) in [5, 5.41) is 5.52. The molecule has 3 N–H and O–H groups in total. The van der Waals surface area contributed by atoms with Crippen LogP contribution >= 0.6 is 15.9 Å². The highest BCUT2D eigenvalue weighted by Crippen LogP contribution is 2.22. The second-order valence-electron chi connectivity index (χ2n) is 7.54. The average molecular weight is 370 g/mol. The van der Waals surface area contributed by atoms with Gasteiger partial charge in [0.1, 0.15) is 5.75 Å². The van der Waals surface area contributed by atoms with Gasteiger partial charge in [-0.15, -0.1) is 0 Å². The van der Waals surface area contributed by atoms with Crippen LogP contribution < -0.4 is 15.4 Å². The minimum atomic E-state index is -0.0570. The van der Waals surface area contributed by atoms with Crippen molar-refractivity contribution in [2.24, 2.45) is 0 Å². The van der Waals surface area contributed by atoms with E-state index in [4.69, 9.17) is 4.74 Å². The van der Waals surface area contributed by atoms with Crippen LogP contribution in [0.1, 0.15) is 40.5 Å². The lowest BCUT2D eigenvalue weighted by molar-refractivity contribution is -0.787. The van der Waals surface area contributed by atoms with E-state index in [1.807, 2.05) is 24.3 Å². The summed E-state index contributed by atoms with van der Waals surface area (Å²) in [5.41, 5.74) is 0.287. The number of nitrogens with one attached hydrogen (secondary N) is 1. The van der Waals surface area contributed by atoms with E-state index in [0.29, 0.717) is 5.75 Å². The molecule has 0 spiro atoms. The number of benzene rings is 1. The zero-order valence-corrected chi connectivity index (χ0v) is 15.4. The van der Waals surface area contributed by atoms with Crippen LogP contribution in [0.4, 0.5) is 0 Å². The van der Waals surface area contributed by atoms with Gasteiger partial charge in [0, 0.05) is 23.4 Å². The first-order valence-corrected chi connectivity index (χ1v) is 8.49. The maximum absolute atomic E-state index is 12.1. The Morgan fingerprint density at radius 2 is 1.95 bits per heavy atom. The van der Waals surface area contributed by atoms with Crippen LogP contribution in [0, 0.1) is 0 Å². The van der Waals surface area contributed by atoms with Crippen molar-refractivity contribution in [1.82, 2.24) is 5.32 Å². The lowest BCUT2D eigenvalue weighted by Crippen LogP contribution is -3.06. The molecule has 0 unspecified atom stereocenters. The van der Waals surface area contributed by atoms with Gasteiger partial charge < -0.3 is 15.4 Å². The molecule has 0 saturated carbocycles. The van der Waals surface area contributed by atoms with E-state index >= 15 is 0 Å². The molecule has 0 aliphatic carbocycles. The molecule has 5 heteroatoms. The van der Waals surface area contributed by atoms with Gasteiger partial charge in [-0.25, -0.2) is 0 Å². The second-order valence-corrected chi connectivity index (χ2v) is 8.46. The standard InChI is InChI=1S/C17H25BrN2O2/c1-16(2)9-13(10-17(3,4)20-16)19-15(21)11-22-14-7-5-6-12(18)8-14/h5-8,13,20H,9-11H2,1-4H3,(H,19,21)/p+1. The largest absolute Gasteiger partial charge is 0.484 e. The van der Waals surface area contributed by atoms with Gasteiger partial charge in [-0.1, -0.05) is 22.0 Å². The number of nitrogens with two attached hydrogens (primary N) is 1. The van der Waals surface area contributed by atoms with E-state index < -0.39 is 0 Å². The number of amides is 1. The van der Waals surface area contributed by atoms with E-state index in [-0.39, 0.29) is 29.6 Å². The Bertz CT molecular complexity index is 527. The summed E-state index contributed by atoms with van der Waals surface area (Å²) in [4.78, 5) is 12.1.